The Morgan fingerprint density at radius 2 is 1.81 bits per heavy atom. The van der Waals surface area contributed by atoms with E-state index in [9.17, 15) is 28.1 Å². The third-order valence-corrected chi connectivity index (χ3v) is 7.28. The Morgan fingerprint density at radius 1 is 1.11 bits per heavy atom. The first kappa shape index (κ1) is 26.0. The first-order valence-electron chi connectivity index (χ1n) is 11.1. The normalized spacial score (nSPS) is 18.1. The van der Waals surface area contributed by atoms with Gasteiger partial charge in [0, 0.05) is 12.1 Å². The fourth-order valence-electron chi connectivity index (χ4n) is 4.18. The summed E-state index contributed by atoms with van der Waals surface area (Å²) in [5.74, 6) is -0.267. The molecule has 36 heavy (non-hydrogen) atoms. The monoisotopic (exact) mass is 538 g/mol. The van der Waals surface area contributed by atoms with Crippen LogP contribution in [-0.4, -0.2) is 33.2 Å². The third kappa shape index (κ3) is 5.49. The minimum Gasteiger partial charge on any atom is -0.493 e. The number of nitro benzene ring substituents is 1. The molecule has 0 radical (unpaired) electrons. The molecule has 1 saturated carbocycles. The van der Waals surface area contributed by atoms with Crippen LogP contribution in [0.1, 0.15) is 43.2 Å². The van der Waals surface area contributed by atoms with Crippen LogP contribution in [0.15, 0.2) is 41.3 Å². The lowest BCUT2D eigenvalue weighted by Crippen LogP contribution is -2.39. The summed E-state index contributed by atoms with van der Waals surface area (Å²) in [6, 6.07) is 6.78. The van der Waals surface area contributed by atoms with Crippen molar-refractivity contribution < 1.29 is 32.4 Å². The van der Waals surface area contributed by atoms with E-state index in [4.69, 9.17) is 21.7 Å². The average molecular weight is 539 g/mol. The number of benzene rings is 2. The fourth-order valence-corrected chi connectivity index (χ4v) is 5.59. The van der Waals surface area contributed by atoms with Crippen molar-refractivity contribution in [2.75, 3.05) is 7.11 Å². The Hall–Kier alpha value is -3.12. The highest BCUT2D eigenvalue weighted by Crippen LogP contribution is 2.41. The fraction of sp³-hybridized carbons (Fsp3) is 0.333. The van der Waals surface area contributed by atoms with Crippen LogP contribution in [0, 0.1) is 10.1 Å². The quantitative estimate of drug-likeness (QED) is 0.170. The van der Waals surface area contributed by atoms with Gasteiger partial charge in [-0.25, -0.2) is 0 Å². The van der Waals surface area contributed by atoms with Gasteiger partial charge in [0.25, 0.3) is 5.91 Å². The molecule has 190 valence electrons. The number of halogens is 3. The minimum absolute atomic E-state index is 0.0623. The summed E-state index contributed by atoms with van der Waals surface area (Å²) in [6.07, 6.45) is 2.08. The second kappa shape index (κ2) is 10.5. The topological polar surface area (TPSA) is 81.9 Å². The van der Waals surface area contributed by atoms with Gasteiger partial charge in [-0.3, -0.25) is 19.8 Å². The first-order valence-corrected chi connectivity index (χ1v) is 12.3. The molecule has 1 aliphatic heterocycles. The maximum absolute atomic E-state index is 13.0. The van der Waals surface area contributed by atoms with E-state index in [0.717, 1.165) is 38.2 Å². The molecule has 2 fully saturated rings. The molecule has 0 bridgehead atoms. The predicted octanol–water partition coefficient (Wildman–Crippen LogP) is 6.95. The SMILES string of the molecule is COc1cc(/C=C2\SC(=S)N(C3CCCCC3)C2=O)ccc1Oc1ccc(C(F)(F)F)cc1[N+](=O)[O-]. The number of alkyl halides is 3. The molecule has 7 nitrogen and oxygen atoms in total. The van der Waals surface area contributed by atoms with Crippen LogP contribution in [0.3, 0.4) is 0 Å². The second-order valence-corrected chi connectivity index (χ2v) is 9.97. The Labute approximate surface area is 214 Å². The third-order valence-electron chi connectivity index (χ3n) is 5.95. The van der Waals surface area contributed by atoms with E-state index in [1.165, 1.54) is 24.9 Å². The van der Waals surface area contributed by atoms with E-state index in [1.54, 1.807) is 23.1 Å². The van der Waals surface area contributed by atoms with E-state index in [1.807, 2.05) is 0 Å². The van der Waals surface area contributed by atoms with Crippen molar-refractivity contribution in [3.05, 3.63) is 62.5 Å². The zero-order chi connectivity index (χ0) is 26.0. The molecule has 0 aromatic heterocycles. The van der Waals surface area contributed by atoms with Gasteiger partial charge in [-0.15, -0.1) is 0 Å². The van der Waals surface area contributed by atoms with E-state index in [2.05, 4.69) is 0 Å². The van der Waals surface area contributed by atoms with E-state index < -0.39 is 22.4 Å². The molecule has 1 amide bonds. The smallest absolute Gasteiger partial charge is 0.416 e. The second-order valence-electron chi connectivity index (χ2n) is 8.29. The van der Waals surface area contributed by atoms with Crippen LogP contribution < -0.4 is 9.47 Å². The van der Waals surface area contributed by atoms with Gasteiger partial charge in [0.1, 0.15) is 4.32 Å². The van der Waals surface area contributed by atoms with Gasteiger partial charge in [0.05, 0.1) is 22.5 Å². The highest BCUT2D eigenvalue weighted by Gasteiger charge is 2.37. The number of hydrogen-bond donors (Lipinski definition) is 0. The number of carbonyl (C=O) groups excluding carboxylic acids is 1. The van der Waals surface area contributed by atoms with Gasteiger partial charge in [-0.05, 0) is 48.7 Å². The first-order chi connectivity index (χ1) is 17.1. The number of amides is 1. The summed E-state index contributed by atoms with van der Waals surface area (Å²) < 4.78 is 50.4. The van der Waals surface area contributed by atoms with Gasteiger partial charge < -0.3 is 9.47 Å². The van der Waals surface area contributed by atoms with Crippen LogP contribution in [0.4, 0.5) is 18.9 Å². The molecule has 2 aromatic carbocycles. The standard InChI is InChI=1S/C24H21F3N2O5S2/c1-33-20-11-14(12-21-22(30)28(23(35)36-21)16-5-3-2-4-6-16)7-9-19(20)34-18-10-8-15(24(25,26)27)13-17(18)29(31)32/h7-13,16H,2-6H2,1H3/b21-12-. The Morgan fingerprint density at radius 3 is 2.44 bits per heavy atom. The molecule has 1 saturated heterocycles. The number of hydrogen-bond acceptors (Lipinski definition) is 7. The van der Waals surface area contributed by atoms with Gasteiger partial charge in [0.15, 0.2) is 11.5 Å². The zero-order valence-electron chi connectivity index (χ0n) is 19.0. The molecule has 4 rings (SSSR count). The summed E-state index contributed by atoms with van der Waals surface area (Å²) >= 11 is 6.69. The van der Waals surface area contributed by atoms with Gasteiger partial charge >= 0.3 is 11.9 Å². The molecule has 2 aliphatic rings. The number of carbonyl (C=O) groups is 1. The maximum atomic E-state index is 13.0. The number of thiocarbonyl (C=S) groups is 1. The van der Waals surface area contributed by atoms with Crippen LogP contribution in [0.2, 0.25) is 0 Å². The molecule has 0 unspecified atom stereocenters. The van der Waals surface area contributed by atoms with Gasteiger partial charge in [-0.2, -0.15) is 13.2 Å². The van der Waals surface area contributed by atoms with Crippen LogP contribution in [0.25, 0.3) is 6.08 Å². The molecule has 0 spiro atoms. The van der Waals surface area contributed by atoms with Crippen molar-refractivity contribution in [2.45, 2.75) is 44.3 Å². The van der Waals surface area contributed by atoms with Crippen molar-refractivity contribution in [2.24, 2.45) is 0 Å². The number of ether oxygens (including phenoxy) is 2. The zero-order valence-corrected chi connectivity index (χ0v) is 20.7. The summed E-state index contributed by atoms with van der Waals surface area (Å²) in [4.78, 5) is 25.6. The van der Waals surface area contributed by atoms with Crippen molar-refractivity contribution in [1.82, 2.24) is 4.90 Å². The van der Waals surface area contributed by atoms with Gasteiger partial charge in [0.2, 0.25) is 5.75 Å². The van der Waals surface area contributed by atoms with Crippen molar-refractivity contribution >= 4 is 46.0 Å². The molecular formula is C24H21F3N2O5S2. The summed E-state index contributed by atoms with van der Waals surface area (Å²) in [7, 11) is 1.36. The number of nitrogens with zero attached hydrogens (tertiary/aromatic N) is 2. The summed E-state index contributed by atoms with van der Waals surface area (Å²) in [5, 5.41) is 11.4. The number of methoxy groups -OCH3 is 1. The van der Waals surface area contributed by atoms with E-state index in [-0.39, 0.29) is 29.2 Å². The molecule has 12 heteroatoms. The lowest BCUT2D eigenvalue weighted by Gasteiger charge is -2.29. The lowest BCUT2D eigenvalue weighted by atomic mass is 9.94. The minimum atomic E-state index is -4.74. The van der Waals surface area contributed by atoms with Crippen molar-refractivity contribution in [3.63, 3.8) is 0 Å². The lowest BCUT2D eigenvalue weighted by molar-refractivity contribution is -0.385. The molecule has 0 atom stereocenters. The molecule has 1 heterocycles. The van der Waals surface area contributed by atoms with Crippen LogP contribution in [-0.2, 0) is 11.0 Å². The average Bonchev–Trinajstić information content (AvgIpc) is 3.12. The van der Waals surface area contributed by atoms with Crippen molar-refractivity contribution in [1.29, 1.82) is 0 Å². The largest absolute Gasteiger partial charge is 0.493 e. The van der Waals surface area contributed by atoms with E-state index in [0.29, 0.717) is 26.9 Å². The van der Waals surface area contributed by atoms with Crippen LogP contribution >= 0.6 is 24.0 Å². The highest BCUT2D eigenvalue weighted by atomic mass is 32.2. The molecule has 0 N–H and O–H groups in total. The number of thioether (sulfide) groups is 1. The molecular weight excluding hydrogens is 517 g/mol. The van der Waals surface area contributed by atoms with Crippen molar-refractivity contribution in [3.8, 4) is 17.2 Å². The summed E-state index contributed by atoms with van der Waals surface area (Å²) in [6.45, 7) is 0. The molecule has 2 aromatic rings. The predicted molar refractivity (Wildman–Crippen MR) is 133 cm³/mol. The maximum Gasteiger partial charge on any atom is 0.416 e. The van der Waals surface area contributed by atoms with E-state index >= 15 is 0 Å². The van der Waals surface area contributed by atoms with Crippen LogP contribution in [0.5, 0.6) is 17.2 Å². The van der Waals surface area contributed by atoms with Gasteiger partial charge in [-0.1, -0.05) is 49.3 Å². The number of rotatable bonds is 6. The highest BCUT2D eigenvalue weighted by molar-refractivity contribution is 8.26. The molecule has 1 aliphatic carbocycles. The summed E-state index contributed by atoms with van der Waals surface area (Å²) in [5.41, 5.74) is -1.39. The Balaban J connectivity index is 1.58. The Kier molecular flexibility index (Phi) is 7.55. The Bertz CT molecular complexity index is 1240. The number of nitro groups is 1.